The molecule has 0 aromatic heterocycles. The standard InChI is InChI=1S/C17H18O2/c1-19-14-4-5-15-11(9-14)2-3-13-8-12-10-17(13,15)7-6-16(12)18/h4-7,9,12-13H,2-3,8,10H2,1H3/t12-,13+,17+/m1/s1. The lowest BCUT2D eigenvalue weighted by Crippen LogP contribution is -2.35. The Kier molecular flexibility index (Phi) is 2.21. The maximum atomic E-state index is 11.9. The van der Waals surface area contributed by atoms with E-state index in [1.807, 2.05) is 6.08 Å². The molecule has 3 aliphatic rings. The van der Waals surface area contributed by atoms with Crippen molar-refractivity contribution in [3.8, 4) is 5.75 Å². The molecule has 1 fully saturated rings. The molecule has 98 valence electrons. The van der Waals surface area contributed by atoms with Gasteiger partial charge in [-0.15, -0.1) is 0 Å². The van der Waals surface area contributed by atoms with Crippen LogP contribution in [0.1, 0.15) is 30.4 Å². The van der Waals surface area contributed by atoms with Crippen LogP contribution < -0.4 is 4.74 Å². The van der Waals surface area contributed by atoms with E-state index in [4.69, 9.17) is 4.74 Å². The molecule has 0 N–H and O–H groups in total. The molecule has 1 aromatic rings. The van der Waals surface area contributed by atoms with Gasteiger partial charge in [0.25, 0.3) is 0 Å². The lowest BCUT2D eigenvalue weighted by molar-refractivity contribution is -0.118. The third-order valence-electron chi connectivity index (χ3n) is 5.41. The topological polar surface area (TPSA) is 26.3 Å². The number of ether oxygens (including phenoxy) is 1. The van der Waals surface area contributed by atoms with Crippen LogP contribution in [0.5, 0.6) is 5.75 Å². The number of rotatable bonds is 1. The number of ketones is 1. The van der Waals surface area contributed by atoms with Gasteiger partial charge in [0.2, 0.25) is 0 Å². The average molecular weight is 254 g/mol. The SMILES string of the molecule is COc1ccc2c(c1)CC[C@H]1C[C@@H]3C[C@]21C=CC3=O. The lowest BCUT2D eigenvalue weighted by atomic mass is 9.64. The number of fused-ring (bicyclic) bond motifs is 2. The van der Waals surface area contributed by atoms with Crippen LogP contribution in [0, 0.1) is 11.8 Å². The molecule has 0 amide bonds. The summed E-state index contributed by atoms with van der Waals surface area (Å²) in [5.74, 6) is 2.21. The number of aryl methyl sites for hydroxylation is 1. The molecule has 1 saturated carbocycles. The van der Waals surface area contributed by atoms with Crippen LogP contribution in [0.25, 0.3) is 0 Å². The van der Waals surface area contributed by atoms with Gasteiger partial charge in [-0.3, -0.25) is 4.79 Å². The van der Waals surface area contributed by atoms with E-state index in [2.05, 4.69) is 24.3 Å². The van der Waals surface area contributed by atoms with Crippen molar-refractivity contribution in [2.45, 2.75) is 31.1 Å². The van der Waals surface area contributed by atoms with Crippen LogP contribution in [0.2, 0.25) is 0 Å². The molecule has 0 saturated heterocycles. The summed E-state index contributed by atoms with van der Waals surface area (Å²) in [6.07, 6.45) is 8.47. The first kappa shape index (κ1) is 11.3. The third-order valence-corrected chi connectivity index (χ3v) is 5.41. The molecule has 3 atom stereocenters. The predicted molar refractivity (Wildman–Crippen MR) is 73.4 cm³/mol. The van der Waals surface area contributed by atoms with Crippen molar-refractivity contribution in [2.24, 2.45) is 11.8 Å². The minimum Gasteiger partial charge on any atom is -0.497 e. The highest BCUT2D eigenvalue weighted by atomic mass is 16.5. The molecule has 4 rings (SSSR count). The Morgan fingerprint density at radius 3 is 3.11 bits per heavy atom. The molecule has 0 aliphatic heterocycles. The van der Waals surface area contributed by atoms with E-state index in [1.165, 1.54) is 17.5 Å². The second kappa shape index (κ2) is 3.72. The van der Waals surface area contributed by atoms with Gasteiger partial charge in [-0.2, -0.15) is 0 Å². The van der Waals surface area contributed by atoms with E-state index in [0.717, 1.165) is 25.0 Å². The summed E-state index contributed by atoms with van der Waals surface area (Å²) in [6, 6.07) is 6.47. The maximum absolute atomic E-state index is 11.9. The van der Waals surface area contributed by atoms with E-state index in [9.17, 15) is 4.79 Å². The summed E-state index contributed by atoms with van der Waals surface area (Å²) in [7, 11) is 1.72. The first-order valence-corrected chi connectivity index (χ1v) is 7.13. The van der Waals surface area contributed by atoms with Crippen molar-refractivity contribution in [3.63, 3.8) is 0 Å². The van der Waals surface area contributed by atoms with E-state index < -0.39 is 0 Å². The quantitative estimate of drug-likeness (QED) is 0.770. The molecule has 2 nitrogen and oxygen atoms in total. The van der Waals surface area contributed by atoms with E-state index in [-0.39, 0.29) is 11.3 Å². The monoisotopic (exact) mass is 254 g/mol. The molecular formula is C17H18O2. The number of hydrogen-bond donors (Lipinski definition) is 0. The Bertz CT molecular complexity index is 587. The highest BCUT2D eigenvalue weighted by Gasteiger charge is 2.52. The van der Waals surface area contributed by atoms with Crippen molar-refractivity contribution in [1.82, 2.24) is 0 Å². The van der Waals surface area contributed by atoms with Crippen molar-refractivity contribution in [1.29, 1.82) is 0 Å². The predicted octanol–water partition coefficient (Wildman–Crippen LogP) is 3.04. The number of carbonyl (C=O) groups excluding carboxylic acids is 1. The molecule has 2 heteroatoms. The molecule has 19 heavy (non-hydrogen) atoms. The number of hydrogen-bond acceptors (Lipinski definition) is 2. The summed E-state index contributed by atoms with van der Waals surface area (Å²) >= 11 is 0. The van der Waals surface area contributed by atoms with Crippen LogP contribution in [-0.4, -0.2) is 12.9 Å². The Hall–Kier alpha value is -1.57. The van der Waals surface area contributed by atoms with Gasteiger partial charge in [-0.25, -0.2) is 0 Å². The van der Waals surface area contributed by atoms with Gasteiger partial charge < -0.3 is 4.74 Å². The minimum atomic E-state index is 0.137. The molecule has 3 aliphatic carbocycles. The van der Waals surface area contributed by atoms with Gasteiger partial charge in [0.15, 0.2) is 5.78 Å². The van der Waals surface area contributed by atoms with Gasteiger partial charge in [0.05, 0.1) is 7.11 Å². The smallest absolute Gasteiger partial charge is 0.158 e. The van der Waals surface area contributed by atoms with Gasteiger partial charge in [0, 0.05) is 11.3 Å². The summed E-state index contributed by atoms with van der Waals surface area (Å²) in [5.41, 5.74) is 2.99. The van der Waals surface area contributed by atoms with Crippen LogP contribution in [0.4, 0.5) is 0 Å². The number of methoxy groups -OCH3 is 1. The Morgan fingerprint density at radius 2 is 2.26 bits per heavy atom. The first-order chi connectivity index (χ1) is 9.23. The maximum Gasteiger partial charge on any atom is 0.158 e. The van der Waals surface area contributed by atoms with Crippen LogP contribution in [0.15, 0.2) is 30.4 Å². The van der Waals surface area contributed by atoms with Gasteiger partial charge in [0.1, 0.15) is 5.75 Å². The van der Waals surface area contributed by atoms with Gasteiger partial charge in [-0.1, -0.05) is 12.1 Å². The minimum absolute atomic E-state index is 0.137. The second-order valence-corrected chi connectivity index (χ2v) is 6.17. The lowest BCUT2D eigenvalue weighted by Gasteiger charge is -2.40. The number of benzene rings is 1. The Balaban J connectivity index is 1.88. The fourth-order valence-electron chi connectivity index (χ4n) is 4.48. The molecule has 1 aromatic carbocycles. The fraction of sp³-hybridized carbons (Fsp3) is 0.471. The number of allylic oxidation sites excluding steroid dienone is 2. The second-order valence-electron chi connectivity index (χ2n) is 6.17. The summed E-state index contributed by atoms with van der Waals surface area (Å²) < 4.78 is 5.34. The van der Waals surface area contributed by atoms with Crippen molar-refractivity contribution in [3.05, 3.63) is 41.5 Å². The largest absolute Gasteiger partial charge is 0.497 e. The number of carbonyl (C=O) groups is 1. The van der Waals surface area contributed by atoms with Crippen molar-refractivity contribution >= 4 is 5.78 Å². The van der Waals surface area contributed by atoms with E-state index in [0.29, 0.717) is 11.7 Å². The zero-order valence-electron chi connectivity index (χ0n) is 11.2. The van der Waals surface area contributed by atoms with Crippen molar-refractivity contribution < 1.29 is 9.53 Å². The zero-order chi connectivity index (χ0) is 13.0. The van der Waals surface area contributed by atoms with E-state index in [1.54, 1.807) is 7.11 Å². The van der Waals surface area contributed by atoms with Gasteiger partial charge in [-0.05, 0) is 60.9 Å². The molecule has 0 radical (unpaired) electrons. The fourth-order valence-corrected chi connectivity index (χ4v) is 4.48. The van der Waals surface area contributed by atoms with Crippen LogP contribution in [-0.2, 0) is 16.6 Å². The van der Waals surface area contributed by atoms with Gasteiger partial charge >= 0.3 is 0 Å². The zero-order valence-corrected chi connectivity index (χ0v) is 11.2. The van der Waals surface area contributed by atoms with Crippen LogP contribution in [0.3, 0.4) is 0 Å². The highest BCUT2D eigenvalue weighted by Crippen LogP contribution is 2.57. The highest BCUT2D eigenvalue weighted by molar-refractivity contribution is 5.94. The summed E-state index contributed by atoms with van der Waals surface area (Å²) in [4.78, 5) is 11.9. The Morgan fingerprint density at radius 1 is 1.37 bits per heavy atom. The third kappa shape index (κ3) is 1.40. The molecule has 1 spiro atoms. The molecule has 2 bridgehead atoms. The average Bonchev–Trinajstić information content (AvgIpc) is 2.78. The normalized spacial score (nSPS) is 34.9. The summed E-state index contributed by atoms with van der Waals surface area (Å²) in [5, 5.41) is 0. The van der Waals surface area contributed by atoms with Crippen LogP contribution >= 0.6 is 0 Å². The first-order valence-electron chi connectivity index (χ1n) is 7.13. The summed E-state index contributed by atoms with van der Waals surface area (Å²) in [6.45, 7) is 0. The van der Waals surface area contributed by atoms with Crippen molar-refractivity contribution in [2.75, 3.05) is 7.11 Å². The molecule has 0 heterocycles. The molecular weight excluding hydrogens is 236 g/mol. The Labute approximate surface area is 113 Å². The van der Waals surface area contributed by atoms with E-state index >= 15 is 0 Å². The molecule has 0 unspecified atom stereocenters.